The number of benzene rings is 1. The van der Waals surface area contributed by atoms with Gasteiger partial charge in [0, 0.05) is 10.2 Å². The third kappa shape index (κ3) is 3.19. The predicted molar refractivity (Wildman–Crippen MR) is 96.7 cm³/mol. The molecule has 2 amide bonds. The van der Waals surface area contributed by atoms with Crippen molar-refractivity contribution in [2.75, 3.05) is 5.75 Å². The summed E-state index contributed by atoms with van der Waals surface area (Å²) in [5.74, 6) is -1.66. The second kappa shape index (κ2) is 6.81. The van der Waals surface area contributed by atoms with E-state index >= 15 is 0 Å². The van der Waals surface area contributed by atoms with Gasteiger partial charge >= 0.3 is 5.97 Å². The summed E-state index contributed by atoms with van der Waals surface area (Å²) >= 11 is 4.58. The SMILES string of the molecule is Cc1ccc(C(N)C(=O)NC2C(=O)N3C(C(=O)O)=C(Br)CS[C@H]23)cc1. The highest BCUT2D eigenvalue weighted by molar-refractivity contribution is 9.11. The van der Waals surface area contributed by atoms with Gasteiger partial charge in [0.1, 0.15) is 23.2 Å². The summed E-state index contributed by atoms with van der Waals surface area (Å²) in [5.41, 5.74) is 7.61. The predicted octanol–water partition coefficient (Wildman–Crippen LogP) is 1.09. The maximum Gasteiger partial charge on any atom is 0.353 e. The van der Waals surface area contributed by atoms with Gasteiger partial charge in [-0.15, -0.1) is 11.8 Å². The van der Waals surface area contributed by atoms with Gasteiger partial charge in [0.25, 0.3) is 5.91 Å². The average Bonchev–Trinajstić information content (AvgIpc) is 2.58. The highest BCUT2D eigenvalue weighted by atomic mass is 79.9. The molecule has 1 fully saturated rings. The van der Waals surface area contributed by atoms with Crippen LogP contribution in [0.4, 0.5) is 0 Å². The number of carboxylic acid groups (broad SMARTS) is 1. The second-order valence-electron chi connectivity index (χ2n) is 5.84. The van der Waals surface area contributed by atoms with Gasteiger partial charge in [-0.05, 0) is 12.5 Å². The van der Waals surface area contributed by atoms with Crippen LogP contribution in [0.25, 0.3) is 0 Å². The summed E-state index contributed by atoms with van der Waals surface area (Å²) in [7, 11) is 0. The molecule has 1 aromatic rings. The number of nitrogens with two attached hydrogens (primary N) is 1. The molecule has 0 radical (unpaired) electrons. The van der Waals surface area contributed by atoms with Crippen molar-refractivity contribution in [2.45, 2.75) is 24.4 Å². The number of amides is 2. The van der Waals surface area contributed by atoms with E-state index in [2.05, 4.69) is 21.2 Å². The first-order chi connectivity index (χ1) is 11.8. The number of carbonyl (C=O) groups is 3. The minimum Gasteiger partial charge on any atom is -0.477 e. The smallest absolute Gasteiger partial charge is 0.353 e. The molecular formula is C16H16BrN3O4S. The van der Waals surface area contributed by atoms with Gasteiger partial charge in [-0.2, -0.15) is 0 Å². The quantitative estimate of drug-likeness (QED) is 0.622. The second-order valence-corrected chi connectivity index (χ2v) is 7.91. The summed E-state index contributed by atoms with van der Waals surface area (Å²) in [6.07, 6.45) is 0. The van der Waals surface area contributed by atoms with Gasteiger partial charge in [-0.25, -0.2) is 4.79 Å². The van der Waals surface area contributed by atoms with E-state index in [0.29, 0.717) is 15.8 Å². The van der Waals surface area contributed by atoms with Gasteiger partial charge in [0.05, 0.1) is 0 Å². The Hall–Kier alpha value is -1.84. The van der Waals surface area contributed by atoms with E-state index in [9.17, 15) is 19.5 Å². The fourth-order valence-corrected chi connectivity index (χ4v) is 4.70. The van der Waals surface area contributed by atoms with Crippen LogP contribution >= 0.6 is 27.7 Å². The normalized spacial score (nSPS) is 23.6. The fourth-order valence-electron chi connectivity index (χ4n) is 2.75. The third-order valence-corrected chi connectivity index (χ3v) is 6.45. The Balaban J connectivity index is 1.71. The summed E-state index contributed by atoms with van der Waals surface area (Å²) in [4.78, 5) is 37.3. The monoisotopic (exact) mass is 425 g/mol. The Morgan fingerprint density at radius 3 is 2.64 bits per heavy atom. The fraction of sp³-hybridized carbons (Fsp3) is 0.312. The Bertz CT molecular complexity index is 780. The van der Waals surface area contributed by atoms with Gasteiger partial charge in [-0.3, -0.25) is 14.5 Å². The van der Waals surface area contributed by atoms with Crippen molar-refractivity contribution in [3.8, 4) is 0 Å². The molecule has 2 aliphatic rings. The number of halogens is 1. The van der Waals surface area contributed by atoms with E-state index < -0.39 is 35.2 Å². The first-order valence-corrected chi connectivity index (χ1v) is 9.34. The Morgan fingerprint density at radius 1 is 1.40 bits per heavy atom. The molecule has 0 aromatic heterocycles. The molecular weight excluding hydrogens is 410 g/mol. The lowest BCUT2D eigenvalue weighted by Crippen LogP contribution is -2.70. The van der Waals surface area contributed by atoms with E-state index in [0.717, 1.165) is 5.56 Å². The Labute approximate surface area is 156 Å². The minimum atomic E-state index is -1.17. The molecule has 0 spiro atoms. The molecule has 25 heavy (non-hydrogen) atoms. The number of nitrogens with zero attached hydrogens (tertiary/aromatic N) is 1. The van der Waals surface area contributed by atoms with Crippen molar-refractivity contribution in [3.05, 3.63) is 45.6 Å². The number of thioether (sulfide) groups is 1. The molecule has 132 valence electrons. The van der Waals surface area contributed by atoms with Gasteiger partial charge in [0.2, 0.25) is 5.91 Å². The third-order valence-electron chi connectivity index (χ3n) is 4.14. The number of aryl methyl sites for hydroxylation is 1. The van der Waals surface area contributed by atoms with Crippen molar-refractivity contribution in [1.82, 2.24) is 10.2 Å². The van der Waals surface area contributed by atoms with Crippen LogP contribution in [0.3, 0.4) is 0 Å². The number of carbonyl (C=O) groups excluding carboxylic acids is 2. The molecule has 3 atom stereocenters. The maximum absolute atomic E-state index is 12.4. The summed E-state index contributed by atoms with van der Waals surface area (Å²) in [6.45, 7) is 1.93. The minimum absolute atomic E-state index is 0.0675. The molecule has 0 saturated carbocycles. The van der Waals surface area contributed by atoms with Gasteiger partial charge < -0.3 is 16.2 Å². The maximum atomic E-state index is 12.4. The van der Waals surface area contributed by atoms with Crippen LogP contribution in [0.2, 0.25) is 0 Å². The van der Waals surface area contributed by atoms with E-state index in [1.807, 2.05) is 19.1 Å². The van der Waals surface area contributed by atoms with Crippen LogP contribution in [0.1, 0.15) is 17.2 Å². The zero-order valence-electron chi connectivity index (χ0n) is 13.2. The standard InChI is InChI=1S/C16H16BrN3O4S/c1-7-2-4-8(5-3-7)10(18)13(21)19-11-14(22)20-12(16(23)24)9(17)6-25-15(11)20/h2-5,10-11,15H,6,18H2,1H3,(H,19,21)(H,23,24)/t10?,11?,15-/m1/s1. The van der Waals surface area contributed by atoms with Crippen LogP contribution in [0.5, 0.6) is 0 Å². The van der Waals surface area contributed by atoms with Crippen LogP contribution in [-0.4, -0.2) is 45.0 Å². The van der Waals surface area contributed by atoms with E-state index in [4.69, 9.17) is 5.73 Å². The van der Waals surface area contributed by atoms with Crippen LogP contribution in [0.15, 0.2) is 34.4 Å². The number of hydrogen-bond acceptors (Lipinski definition) is 5. The summed E-state index contributed by atoms with van der Waals surface area (Å²) in [5, 5.41) is 11.5. The van der Waals surface area contributed by atoms with Gasteiger partial charge in [-0.1, -0.05) is 45.8 Å². The van der Waals surface area contributed by atoms with Crippen molar-refractivity contribution >= 4 is 45.5 Å². The van der Waals surface area contributed by atoms with Crippen LogP contribution in [-0.2, 0) is 14.4 Å². The molecule has 2 aliphatic heterocycles. The van der Waals surface area contributed by atoms with E-state index in [-0.39, 0.29) is 5.70 Å². The Kier molecular flexibility index (Phi) is 4.90. The molecule has 2 unspecified atom stereocenters. The molecule has 7 nitrogen and oxygen atoms in total. The Morgan fingerprint density at radius 2 is 2.04 bits per heavy atom. The first kappa shape index (κ1) is 18.0. The lowest BCUT2D eigenvalue weighted by atomic mass is 10.0. The van der Waals surface area contributed by atoms with Crippen LogP contribution in [0, 0.1) is 6.92 Å². The van der Waals surface area contributed by atoms with E-state index in [1.54, 1.807) is 12.1 Å². The first-order valence-electron chi connectivity index (χ1n) is 7.50. The molecule has 2 heterocycles. The highest BCUT2D eigenvalue weighted by Crippen LogP contribution is 2.41. The van der Waals surface area contributed by atoms with E-state index in [1.165, 1.54) is 16.7 Å². The number of nitrogens with one attached hydrogen (secondary N) is 1. The molecule has 0 bridgehead atoms. The van der Waals surface area contributed by atoms with Crippen molar-refractivity contribution in [1.29, 1.82) is 0 Å². The molecule has 0 aliphatic carbocycles. The number of aliphatic carboxylic acids is 1. The highest BCUT2D eigenvalue weighted by Gasteiger charge is 2.54. The molecule has 1 aromatic carbocycles. The molecule has 4 N–H and O–H groups in total. The number of hydrogen-bond donors (Lipinski definition) is 3. The largest absolute Gasteiger partial charge is 0.477 e. The topological polar surface area (TPSA) is 113 Å². The number of carboxylic acids is 1. The number of fused-ring (bicyclic) bond motifs is 1. The number of β-lactam (4-membered cyclic amide) rings is 1. The zero-order chi connectivity index (χ0) is 18.3. The lowest BCUT2D eigenvalue weighted by Gasteiger charge is -2.49. The number of rotatable bonds is 4. The van der Waals surface area contributed by atoms with Crippen molar-refractivity contribution < 1.29 is 19.5 Å². The average molecular weight is 426 g/mol. The van der Waals surface area contributed by atoms with Crippen molar-refractivity contribution in [3.63, 3.8) is 0 Å². The lowest BCUT2D eigenvalue weighted by molar-refractivity contribution is -0.150. The summed E-state index contributed by atoms with van der Waals surface area (Å²) < 4.78 is 0.454. The van der Waals surface area contributed by atoms with Crippen LogP contribution < -0.4 is 11.1 Å². The molecule has 3 rings (SSSR count). The summed E-state index contributed by atoms with van der Waals surface area (Å²) in [6, 6.07) is 5.59. The van der Waals surface area contributed by atoms with Gasteiger partial charge in [0.15, 0.2) is 0 Å². The van der Waals surface area contributed by atoms with Crippen molar-refractivity contribution in [2.24, 2.45) is 5.73 Å². The zero-order valence-corrected chi connectivity index (χ0v) is 15.6. The molecule has 9 heteroatoms. The molecule has 1 saturated heterocycles.